The molecule has 0 saturated carbocycles. The number of hydrogen-bond donors (Lipinski definition) is 3. The van der Waals surface area contributed by atoms with Crippen LogP contribution in [0.1, 0.15) is 86.0 Å². The standard InChI is InChI=1S/C49H72N2O15P2/c1-11-34-39(27(5)36(51-23-68)47(61-34)66-41-30(8)57-43(49(10,56)42(41)59-31(9)53)45(55)60-33-20-16-13-17-21-33)65-46-35(50-22-67)26(4)38(29(7)58-46)64-48-40(25(3)24(2)37(63-48)28(6)52)62-44(54)32-18-14-12-15-19-32/h12-21,24-27,29-30,34-43,46-48,50-51,56H,11,22-23,67-68H2,1-10H3/t24-,25+,26-,27-,29?,30+,34?,35?,36?,37?,38+,39+,40?,41?,42-,43?,46+,47+,48+,49+/m1/s1/i/hT2. The van der Waals surface area contributed by atoms with Gasteiger partial charge in [-0.25, -0.2) is 9.59 Å². The molecule has 4 heterocycles. The van der Waals surface area contributed by atoms with Gasteiger partial charge in [-0.1, -0.05) is 71.0 Å². The molecule has 4 aliphatic rings. The molecule has 0 radical (unpaired) electrons. The molecule has 4 fully saturated rings. The van der Waals surface area contributed by atoms with Crippen LogP contribution in [-0.4, -0.2) is 139 Å². The first kappa shape index (κ1) is 51.3. The number of carbonyl (C=O) groups excluding carboxylic acids is 4. The molecule has 0 bridgehead atoms. The predicted molar refractivity (Wildman–Crippen MR) is 255 cm³/mol. The molecular formula is C49H72N2O15P2. The Balaban J connectivity index is 1.23. The van der Waals surface area contributed by atoms with Crippen LogP contribution in [0.5, 0.6) is 5.75 Å². The van der Waals surface area contributed by atoms with Gasteiger partial charge in [0, 0.05) is 37.2 Å². The quantitative estimate of drug-likeness (QED) is 0.111. The summed E-state index contributed by atoms with van der Waals surface area (Å²) < 4.78 is 82.1. The molecule has 10 unspecified atom stereocenters. The van der Waals surface area contributed by atoms with Crippen molar-refractivity contribution < 1.29 is 74.5 Å². The lowest BCUT2D eigenvalue weighted by Crippen LogP contribution is -2.70. The SMILES string of the molecule is [3H]N(CP)C1[C@H](O[C@@H]2C(CC)O[C@@H](OC3[C@H](C)OC(C(=O)Oc4ccccc4)[C@@](C)(O)[C@@H]3OC(C)=O)C(N([3H])CP)[C@H]2C)OC(C)[C@@H](O[C@@H]2OC(C(C)=O)[C@H](C)[C@H](C)C2OC(=O)c2ccccc2)[C@@H]1C. The number of ketones is 1. The minimum Gasteiger partial charge on any atom is -0.456 e. The predicted octanol–water partition coefficient (Wildman–Crippen LogP) is 4.76. The van der Waals surface area contributed by atoms with Crippen LogP contribution in [0.15, 0.2) is 60.7 Å². The third-order valence-corrected chi connectivity index (χ3v) is 14.2. The summed E-state index contributed by atoms with van der Waals surface area (Å²) in [6.07, 6.45) is -12.3. The average Bonchev–Trinajstić information content (AvgIpc) is 3.32. The summed E-state index contributed by atoms with van der Waals surface area (Å²) in [6, 6.07) is 15.3. The Morgan fingerprint density at radius 2 is 1.24 bits per heavy atom. The van der Waals surface area contributed by atoms with Crippen LogP contribution in [-0.2, 0) is 57.0 Å². The Morgan fingerprint density at radius 3 is 1.81 bits per heavy atom. The molecule has 4 aliphatic heterocycles. The van der Waals surface area contributed by atoms with Crippen LogP contribution in [0.3, 0.4) is 0 Å². The fraction of sp³-hybridized carbons (Fsp3) is 0.673. The van der Waals surface area contributed by atoms with Crippen LogP contribution in [0, 0.1) is 23.7 Å². The van der Waals surface area contributed by atoms with Crippen LogP contribution in [0.4, 0.5) is 0 Å². The van der Waals surface area contributed by atoms with Gasteiger partial charge < -0.3 is 63.1 Å². The molecule has 4 saturated heterocycles. The highest BCUT2D eigenvalue weighted by Gasteiger charge is 2.60. The lowest BCUT2D eigenvalue weighted by molar-refractivity contribution is -0.350. The molecule has 0 aromatic heterocycles. The van der Waals surface area contributed by atoms with Gasteiger partial charge in [0.05, 0.1) is 48.2 Å². The molecule has 0 aliphatic carbocycles. The van der Waals surface area contributed by atoms with E-state index >= 15 is 0 Å². The van der Waals surface area contributed by atoms with Crippen molar-refractivity contribution >= 4 is 42.2 Å². The number of hydrogen-bond acceptors (Lipinski definition) is 17. The van der Waals surface area contributed by atoms with Gasteiger partial charge in [0.25, 0.3) is 0 Å². The van der Waals surface area contributed by atoms with Crippen molar-refractivity contribution in [2.24, 2.45) is 23.7 Å². The summed E-state index contributed by atoms with van der Waals surface area (Å²) in [5.74, 6) is -3.76. The Morgan fingerprint density at radius 1 is 0.691 bits per heavy atom. The van der Waals surface area contributed by atoms with E-state index < -0.39 is 127 Å². The maximum atomic E-state index is 13.5. The first-order valence-corrected chi connectivity index (χ1v) is 25.2. The van der Waals surface area contributed by atoms with Crippen molar-refractivity contribution in [2.45, 2.75) is 173 Å². The number of benzene rings is 2. The number of aliphatic hydroxyl groups is 1. The van der Waals surface area contributed by atoms with Gasteiger partial charge >= 0.3 is 17.9 Å². The van der Waals surface area contributed by atoms with Crippen LogP contribution in [0.2, 0.25) is 2.82 Å². The smallest absolute Gasteiger partial charge is 0.343 e. The first-order valence-electron chi connectivity index (χ1n) is 24.5. The van der Waals surface area contributed by atoms with Gasteiger partial charge in [-0.15, -0.1) is 18.5 Å². The fourth-order valence-electron chi connectivity index (χ4n) is 9.89. The third-order valence-electron chi connectivity index (χ3n) is 13.8. The molecule has 378 valence electrons. The molecule has 17 nitrogen and oxygen atoms in total. The van der Waals surface area contributed by atoms with E-state index in [0.29, 0.717) is 12.0 Å². The van der Waals surface area contributed by atoms with Crippen molar-refractivity contribution in [3.05, 3.63) is 66.2 Å². The molecule has 2 aromatic carbocycles. The number of Topliss-reactive ketones (excluding diaryl/α,β-unsaturated/α-hetero) is 1. The Hall–Kier alpha value is -3.02. The molecule has 68 heavy (non-hydrogen) atoms. The molecule has 3 N–H and O–H groups in total. The molecule has 0 spiro atoms. The van der Waals surface area contributed by atoms with Gasteiger partial charge in [-0.05, 0) is 64.3 Å². The lowest BCUT2D eigenvalue weighted by Gasteiger charge is -2.52. The zero-order valence-electron chi connectivity index (χ0n) is 42.6. The van der Waals surface area contributed by atoms with Crippen LogP contribution in [0.25, 0.3) is 0 Å². The van der Waals surface area contributed by atoms with Gasteiger partial charge in [0.2, 0.25) is 0 Å². The fourth-order valence-corrected chi connectivity index (χ4v) is 10.4. The van der Waals surface area contributed by atoms with Crippen molar-refractivity contribution in [3.8, 4) is 5.75 Å². The zero-order valence-corrected chi connectivity index (χ0v) is 42.9. The highest BCUT2D eigenvalue weighted by atomic mass is 31.0. The summed E-state index contributed by atoms with van der Waals surface area (Å²) in [5, 5.41) is 14.6. The van der Waals surface area contributed by atoms with Crippen molar-refractivity contribution in [1.82, 2.24) is 10.6 Å². The van der Waals surface area contributed by atoms with Gasteiger partial charge in [0.15, 0.2) is 43.0 Å². The molecule has 19 heteroatoms. The van der Waals surface area contributed by atoms with Crippen molar-refractivity contribution in [1.29, 1.82) is 0 Å². The van der Waals surface area contributed by atoms with Crippen LogP contribution >= 0.6 is 18.5 Å². The van der Waals surface area contributed by atoms with E-state index in [9.17, 15) is 25.7 Å². The molecular weight excluding hydrogens is 918 g/mol. The normalized spacial score (nSPS) is 40.2. The van der Waals surface area contributed by atoms with E-state index in [1.165, 1.54) is 31.4 Å². The minimum absolute atomic E-state index is 0.160. The van der Waals surface area contributed by atoms with Crippen molar-refractivity contribution in [2.75, 3.05) is 12.6 Å². The number of carbonyl (C=O) groups is 4. The Bertz CT molecular complexity index is 2070. The number of rotatable bonds is 17. The van der Waals surface area contributed by atoms with E-state index in [1.807, 2.05) is 41.5 Å². The maximum absolute atomic E-state index is 13.5. The van der Waals surface area contributed by atoms with Gasteiger partial charge in [-0.2, -0.15) is 0 Å². The maximum Gasteiger partial charge on any atom is 0.343 e. The second-order valence-corrected chi connectivity index (χ2v) is 19.3. The van der Waals surface area contributed by atoms with E-state index in [2.05, 4.69) is 18.5 Å². The van der Waals surface area contributed by atoms with Gasteiger partial charge in [0.1, 0.15) is 26.4 Å². The lowest BCUT2D eigenvalue weighted by atomic mass is 9.81. The Labute approximate surface area is 407 Å². The first-order chi connectivity index (χ1) is 33.1. The van der Waals surface area contributed by atoms with E-state index in [4.69, 9.17) is 48.8 Å². The summed E-state index contributed by atoms with van der Waals surface area (Å²) in [4.78, 5) is 52.5. The third kappa shape index (κ3) is 12.2. The molecule has 2 aromatic rings. The monoisotopic (exact) mass is 994 g/mol. The average molecular weight is 995 g/mol. The Kier molecular flexibility index (Phi) is 18.1. The second-order valence-electron chi connectivity index (χ2n) is 18.6. The number of ether oxygens (including phenoxy) is 10. The van der Waals surface area contributed by atoms with E-state index in [1.54, 1.807) is 67.6 Å². The number of nitrogens with one attached hydrogen (secondary N) is 2. The highest BCUT2D eigenvalue weighted by Crippen LogP contribution is 2.41. The summed E-state index contributed by atoms with van der Waals surface area (Å²) in [5.41, 5.74) is -1.79. The van der Waals surface area contributed by atoms with Crippen LogP contribution < -0.4 is 15.4 Å². The largest absolute Gasteiger partial charge is 0.456 e. The highest BCUT2D eigenvalue weighted by molar-refractivity contribution is 7.16. The van der Waals surface area contributed by atoms with Gasteiger partial charge in [-0.3, -0.25) is 9.59 Å². The minimum atomic E-state index is -2.15. The second kappa shape index (κ2) is 23.9. The molecule has 22 atom stereocenters. The van der Waals surface area contributed by atoms with E-state index in [0.717, 1.165) is 0 Å². The summed E-state index contributed by atoms with van der Waals surface area (Å²) in [7, 11) is 5.09. The van der Waals surface area contributed by atoms with Crippen molar-refractivity contribution in [3.63, 3.8) is 0 Å². The summed E-state index contributed by atoms with van der Waals surface area (Å²) in [6.45, 7) is 16.9. The number of para-hydroxylation sites is 1. The van der Waals surface area contributed by atoms with E-state index in [-0.39, 0.29) is 35.9 Å². The zero-order chi connectivity index (χ0) is 51.4. The molecule has 6 rings (SSSR count). The topological polar surface area (TPSA) is 205 Å². The number of esters is 3. The summed E-state index contributed by atoms with van der Waals surface area (Å²) >= 11 is 0. The molecule has 0 amide bonds.